The number of fused-ring (bicyclic) bond motifs is 2. The molecule has 0 amide bonds. The van der Waals surface area contributed by atoms with Crippen LogP contribution < -0.4 is 4.74 Å². The van der Waals surface area contributed by atoms with Gasteiger partial charge in [-0.25, -0.2) is 0 Å². The minimum absolute atomic E-state index is 0.0723. The molecule has 2 aliphatic heterocycles. The molecule has 2 aliphatic rings. The molecule has 0 spiro atoms. The van der Waals surface area contributed by atoms with E-state index in [1.165, 1.54) is 0 Å². The smallest absolute Gasteiger partial charge is 0.137 e. The Balaban J connectivity index is 1.60. The summed E-state index contributed by atoms with van der Waals surface area (Å²) >= 11 is 0. The average molecular weight is 367 g/mol. The van der Waals surface area contributed by atoms with Crippen LogP contribution >= 0.6 is 0 Å². The number of hydrogen-bond donors (Lipinski definition) is 1. The highest BCUT2D eigenvalue weighted by Crippen LogP contribution is 2.46. The Kier molecular flexibility index (Phi) is 4.56. The van der Waals surface area contributed by atoms with E-state index in [4.69, 9.17) is 4.74 Å². The second kappa shape index (κ2) is 6.86. The first-order chi connectivity index (χ1) is 12.6. The predicted octanol–water partition coefficient (Wildman–Crippen LogP) is 3.40. The van der Waals surface area contributed by atoms with E-state index in [0.717, 1.165) is 24.0 Å². The Hall–Kier alpha value is -2.16. The van der Waals surface area contributed by atoms with Crippen molar-refractivity contribution in [3.63, 3.8) is 0 Å². The van der Waals surface area contributed by atoms with Crippen LogP contribution in [0.25, 0.3) is 0 Å². The molecular formula is C21H21NO3S. The molecule has 2 aromatic rings. The largest absolute Gasteiger partial charge is 0.488 e. The van der Waals surface area contributed by atoms with Crippen LogP contribution in [0.15, 0.2) is 48.5 Å². The summed E-state index contributed by atoms with van der Waals surface area (Å²) in [6, 6.07) is 17.2. The van der Waals surface area contributed by atoms with E-state index >= 15 is 0 Å². The molecule has 2 unspecified atom stereocenters. The number of hydrogen-bond acceptors (Lipinski definition) is 4. The minimum Gasteiger partial charge on any atom is -0.488 e. The third kappa shape index (κ3) is 3.15. The maximum Gasteiger partial charge on any atom is 0.137 e. The van der Waals surface area contributed by atoms with Gasteiger partial charge in [0.05, 0.1) is 11.2 Å². The maximum absolute atomic E-state index is 12.3. The zero-order chi connectivity index (χ0) is 18.1. The Morgan fingerprint density at radius 1 is 1.15 bits per heavy atom. The highest BCUT2D eigenvalue weighted by Gasteiger charge is 2.48. The van der Waals surface area contributed by atoms with Crippen LogP contribution in [0.2, 0.25) is 0 Å². The summed E-state index contributed by atoms with van der Waals surface area (Å²) in [4.78, 5) is 0. The lowest BCUT2D eigenvalue weighted by atomic mass is 9.85. The summed E-state index contributed by atoms with van der Waals surface area (Å²) in [5, 5.41) is 20.8. The molecule has 2 atom stereocenters. The van der Waals surface area contributed by atoms with Gasteiger partial charge in [0.2, 0.25) is 0 Å². The quantitative estimate of drug-likeness (QED) is 0.899. The van der Waals surface area contributed by atoms with Crippen molar-refractivity contribution in [1.82, 2.24) is 0 Å². The molecule has 5 heteroatoms. The third-order valence-corrected chi connectivity index (χ3v) is 7.59. The van der Waals surface area contributed by atoms with Crippen LogP contribution in [-0.4, -0.2) is 19.8 Å². The topological polar surface area (TPSA) is 70.3 Å². The molecule has 134 valence electrons. The lowest BCUT2D eigenvalue weighted by molar-refractivity contribution is 0.0182. The molecule has 2 fully saturated rings. The molecule has 2 heterocycles. The van der Waals surface area contributed by atoms with Gasteiger partial charge >= 0.3 is 0 Å². The van der Waals surface area contributed by atoms with Gasteiger partial charge in [-0.05, 0) is 48.9 Å². The standard InChI is InChI=1S/C21H21NO3S/c22-13-16-6-7-17(10-20(16)25-14-15-4-2-1-3-5-15)21(23)11-18-8-9-19(12-21)26(18)24/h1-7,10,18-19,23H,8-9,11-12,14H2. The Morgan fingerprint density at radius 3 is 2.50 bits per heavy atom. The van der Waals surface area contributed by atoms with Crippen LogP contribution in [0, 0.1) is 11.3 Å². The minimum atomic E-state index is -0.988. The Morgan fingerprint density at radius 2 is 1.85 bits per heavy atom. The van der Waals surface area contributed by atoms with Gasteiger partial charge < -0.3 is 9.84 Å². The van der Waals surface area contributed by atoms with Gasteiger partial charge in [-0.3, -0.25) is 4.21 Å². The average Bonchev–Trinajstić information content (AvgIpc) is 2.89. The zero-order valence-electron chi connectivity index (χ0n) is 14.4. The van der Waals surface area contributed by atoms with Gasteiger partial charge in [-0.15, -0.1) is 0 Å². The summed E-state index contributed by atoms with van der Waals surface area (Å²) in [5.74, 6) is 0.487. The molecule has 26 heavy (non-hydrogen) atoms. The van der Waals surface area contributed by atoms with Crippen molar-refractivity contribution >= 4 is 10.8 Å². The van der Waals surface area contributed by atoms with E-state index < -0.39 is 16.4 Å². The number of benzene rings is 2. The van der Waals surface area contributed by atoms with Gasteiger partial charge in [-0.2, -0.15) is 5.26 Å². The number of ether oxygens (including phenoxy) is 1. The highest BCUT2D eigenvalue weighted by atomic mass is 32.2. The zero-order valence-corrected chi connectivity index (χ0v) is 15.2. The molecule has 0 aromatic heterocycles. The fourth-order valence-electron chi connectivity index (χ4n) is 4.08. The van der Waals surface area contributed by atoms with E-state index in [-0.39, 0.29) is 10.5 Å². The van der Waals surface area contributed by atoms with Gasteiger partial charge in [0.1, 0.15) is 18.4 Å². The van der Waals surface area contributed by atoms with Gasteiger partial charge in [-0.1, -0.05) is 36.4 Å². The van der Waals surface area contributed by atoms with Gasteiger partial charge in [0.25, 0.3) is 0 Å². The van der Waals surface area contributed by atoms with E-state index in [0.29, 0.717) is 30.8 Å². The van der Waals surface area contributed by atoms with Gasteiger partial charge in [0.15, 0.2) is 0 Å². The van der Waals surface area contributed by atoms with Crippen LogP contribution in [-0.2, 0) is 23.0 Å². The lowest BCUT2D eigenvalue weighted by Gasteiger charge is -2.36. The van der Waals surface area contributed by atoms with Crippen molar-refractivity contribution in [1.29, 1.82) is 5.26 Å². The monoisotopic (exact) mass is 367 g/mol. The molecule has 0 radical (unpaired) electrons. The van der Waals surface area contributed by atoms with Gasteiger partial charge in [0, 0.05) is 21.3 Å². The van der Waals surface area contributed by atoms with Crippen LogP contribution in [0.5, 0.6) is 5.75 Å². The number of rotatable bonds is 4. The van der Waals surface area contributed by atoms with E-state index in [1.807, 2.05) is 36.4 Å². The molecule has 4 rings (SSSR count). The molecule has 2 bridgehead atoms. The van der Waals surface area contributed by atoms with Crippen molar-refractivity contribution in [2.45, 2.75) is 48.4 Å². The van der Waals surface area contributed by atoms with Crippen LogP contribution in [0.1, 0.15) is 42.4 Å². The first-order valence-corrected chi connectivity index (χ1v) is 10.2. The lowest BCUT2D eigenvalue weighted by Crippen LogP contribution is -2.40. The predicted molar refractivity (Wildman–Crippen MR) is 100 cm³/mol. The summed E-state index contributed by atoms with van der Waals surface area (Å²) in [7, 11) is -0.822. The fourth-order valence-corrected chi connectivity index (χ4v) is 6.24. The van der Waals surface area contributed by atoms with E-state index in [2.05, 4.69) is 6.07 Å². The first-order valence-electron chi connectivity index (χ1n) is 8.92. The molecule has 2 saturated heterocycles. The first kappa shape index (κ1) is 17.3. The second-order valence-electron chi connectivity index (χ2n) is 7.19. The molecule has 0 saturated carbocycles. The highest BCUT2D eigenvalue weighted by molar-refractivity contribution is 7.86. The van der Waals surface area contributed by atoms with Crippen molar-refractivity contribution in [3.05, 3.63) is 65.2 Å². The van der Waals surface area contributed by atoms with E-state index in [1.54, 1.807) is 12.1 Å². The normalized spacial score (nSPS) is 29.9. The molecule has 1 N–H and O–H groups in total. The van der Waals surface area contributed by atoms with E-state index in [9.17, 15) is 14.6 Å². The van der Waals surface area contributed by atoms with Crippen molar-refractivity contribution in [2.24, 2.45) is 0 Å². The molecule has 4 nitrogen and oxygen atoms in total. The van der Waals surface area contributed by atoms with Crippen LogP contribution in [0.4, 0.5) is 0 Å². The van der Waals surface area contributed by atoms with Crippen LogP contribution in [0.3, 0.4) is 0 Å². The Bertz CT molecular complexity index is 859. The van der Waals surface area contributed by atoms with Crippen molar-refractivity contribution in [2.75, 3.05) is 0 Å². The van der Waals surface area contributed by atoms with Crippen molar-refractivity contribution in [3.8, 4) is 11.8 Å². The summed E-state index contributed by atoms with van der Waals surface area (Å²) < 4.78 is 18.2. The Labute approximate surface area is 155 Å². The third-order valence-electron chi connectivity index (χ3n) is 5.47. The number of nitrogens with zero attached hydrogens (tertiary/aromatic N) is 1. The SMILES string of the molecule is N#Cc1ccc(C2(O)CC3CCC(C2)S3=O)cc1OCc1ccccc1. The number of aliphatic hydroxyl groups is 1. The summed E-state index contributed by atoms with van der Waals surface area (Å²) in [6.45, 7) is 0.368. The fraction of sp³-hybridized carbons (Fsp3) is 0.381. The number of nitriles is 1. The molecule has 2 aromatic carbocycles. The summed E-state index contributed by atoms with van der Waals surface area (Å²) in [5.41, 5.74) is 1.24. The second-order valence-corrected chi connectivity index (χ2v) is 9.18. The van der Waals surface area contributed by atoms with Crippen molar-refractivity contribution < 1.29 is 14.1 Å². The molecule has 0 aliphatic carbocycles. The summed E-state index contributed by atoms with van der Waals surface area (Å²) in [6.07, 6.45) is 2.88. The maximum atomic E-state index is 12.3. The molecular weight excluding hydrogens is 346 g/mol.